The average molecular weight is 360 g/mol. The fraction of sp³-hybridized carbons (Fsp3) is 0.579. The predicted molar refractivity (Wildman–Crippen MR) is 101 cm³/mol. The van der Waals surface area contributed by atoms with Gasteiger partial charge in [-0.2, -0.15) is 0 Å². The lowest BCUT2D eigenvalue weighted by atomic mass is 9.99. The Morgan fingerprint density at radius 1 is 1.12 bits per heavy atom. The number of carbonyl (C=O) groups is 2. The quantitative estimate of drug-likeness (QED) is 0.796. The van der Waals surface area contributed by atoms with Gasteiger partial charge in [0, 0.05) is 36.9 Å². The van der Waals surface area contributed by atoms with Crippen LogP contribution in [0.4, 0.5) is 11.4 Å². The van der Waals surface area contributed by atoms with Gasteiger partial charge in [0.15, 0.2) is 0 Å². The van der Waals surface area contributed by atoms with Gasteiger partial charge in [-0.1, -0.05) is 6.42 Å². The molecule has 0 radical (unpaired) electrons. The van der Waals surface area contributed by atoms with Crippen LogP contribution in [-0.4, -0.2) is 62.1 Å². The lowest BCUT2D eigenvalue weighted by Crippen LogP contribution is -2.45. The third-order valence-corrected chi connectivity index (χ3v) is 5.06. The van der Waals surface area contributed by atoms with Crippen molar-refractivity contribution in [3.8, 4) is 0 Å². The number of rotatable bonds is 6. The fourth-order valence-corrected chi connectivity index (χ4v) is 3.69. The zero-order valence-corrected chi connectivity index (χ0v) is 15.2. The number of piperidine rings is 1. The fourth-order valence-electron chi connectivity index (χ4n) is 3.69. The van der Waals surface area contributed by atoms with Crippen molar-refractivity contribution in [2.45, 2.75) is 31.7 Å². The van der Waals surface area contributed by atoms with Gasteiger partial charge < -0.3 is 20.7 Å². The van der Waals surface area contributed by atoms with Crippen LogP contribution in [0.2, 0.25) is 0 Å². The Kier molecular flexibility index (Phi) is 6.46. The van der Waals surface area contributed by atoms with E-state index in [0.29, 0.717) is 13.0 Å². The van der Waals surface area contributed by atoms with Crippen molar-refractivity contribution in [1.29, 1.82) is 0 Å². The molecule has 1 atom stereocenters. The van der Waals surface area contributed by atoms with Crippen molar-refractivity contribution < 1.29 is 14.3 Å². The van der Waals surface area contributed by atoms with E-state index in [0.717, 1.165) is 63.5 Å². The van der Waals surface area contributed by atoms with E-state index in [-0.39, 0.29) is 17.9 Å². The van der Waals surface area contributed by atoms with E-state index >= 15 is 0 Å². The summed E-state index contributed by atoms with van der Waals surface area (Å²) in [6.45, 7) is 4.41. The summed E-state index contributed by atoms with van der Waals surface area (Å²) in [4.78, 5) is 28.0. The first-order valence-electron chi connectivity index (χ1n) is 9.37. The van der Waals surface area contributed by atoms with Crippen LogP contribution in [0.1, 0.15) is 25.7 Å². The number of anilines is 2. The molecule has 2 fully saturated rings. The minimum absolute atomic E-state index is 0.0551. The van der Waals surface area contributed by atoms with Gasteiger partial charge >= 0.3 is 0 Å². The number of morpholine rings is 1. The van der Waals surface area contributed by atoms with Crippen molar-refractivity contribution >= 4 is 23.2 Å². The monoisotopic (exact) mass is 360 g/mol. The summed E-state index contributed by atoms with van der Waals surface area (Å²) >= 11 is 0. The Balaban J connectivity index is 1.52. The molecule has 1 unspecified atom stereocenters. The standard InChI is InChI=1S/C19H28N4O3/c20-18(24)13-17-3-1-2-8-23(17)14-19(25)21-15-4-6-16(7-5-15)22-9-11-26-12-10-22/h4-7,17H,1-3,8-14H2,(H2,20,24)(H,21,25). The maximum absolute atomic E-state index is 12.4. The maximum Gasteiger partial charge on any atom is 0.238 e. The largest absolute Gasteiger partial charge is 0.378 e. The molecule has 2 amide bonds. The van der Waals surface area contributed by atoms with E-state index in [1.165, 1.54) is 0 Å². The van der Waals surface area contributed by atoms with E-state index in [4.69, 9.17) is 10.5 Å². The summed E-state index contributed by atoms with van der Waals surface area (Å²) in [5.41, 5.74) is 7.27. The van der Waals surface area contributed by atoms with Crippen molar-refractivity contribution in [2.24, 2.45) is 5.73 Å². The van der Waals surface area contributed by atoms with Crippen LogP contribution in [0.25, 0.3) is 0 Å². The van der Waals surface area contributed by atoms with Gasteiger partial charge in [-0.25, -0.2) is 0 Å². The molecule has 2 saturated heterocycles. The molecule has 3 rings (SSSR count). The third-order valence-electron chi connectivity index (χ3n) is 5.06. The first kappa shape index (κ1) is 18.7. The molecule has 7 nitrogen and oxygen atoms in total. The summed E-state index contributed by atoms with van der Waals surface area (Å²) in [5, 5.41) is 2.95. The van der Waals surface area contributed by atoms with E-state index in [1.807, 2.05) is 24.3 Å². The van der Waals surface area contributed by atoms with Crippen LogP contribution >= 0.6 is 0 Å². The van der Waals surface area contributed by atoms with E-state index in [1.54, 1.807) is 0 Å². The Labute approximate surface area is 154 Å². The summed E-state index contributed by atoms with van der Waals surface area (Å²) in [6, 6.07) is 7.99. The number of primary amides is 1. The number of nitrogens with one attached hydrogen (secondary N) is 1. The number of hydrogen-bond acceptors (Lipinski definition) is 5. The Morgan fingerprint density at radius 2 is 1.85 bits per heavy atom. The third kappa shape index (κ3) is 5.19. The molecule has 0 bridgehead atoms. The molecule has 7 heteroatoms. The molecular weight excluding hydrogens is 332 g/mol. The molecule has 142 valence electrons. The first-order valence-corrected chi connectivity index (χ1v) is 9.37. The first-order chi connectivity index (χ1) is 12.6. The number of hydrogen-bond donors (Lipinski definition) is 2. The van der Waals surface area contributed by atoms with Crippen LogP contribution in [0.3, 0.4) is 0 Å². The van der Waals surface area contributed by atoms with E-state index in [9.17, 15) is 9.59 Å². The van der Waals surface area contributed by atoms with Gasteiger partial charge in [0.25, 0.3) is 0 Å². The van der Waals surface area contributed by atoms with Gasteiger partial charge in [0.05, 0.1) is 19.8 Å². The summed E-state index contributed by atoms with van der Waals surface area (Å²) < 4.78 is 5.37. The second-order valence-corrected chi connectivity index (χ2v) is 6.98. The molecule has 2 aliphatic rings. The Bertz CT molecular complexity index is 614. The van der Waals surface area contributed by atoms with Crippen molar-refractivity contribution in [1.82, 2.24) is 4.90 Å². The zero-order valence-electron chi connectivity index (χ0n) is 15.2. The summed E-state index contributed by atoms with van der Waals surface area (Å²) in [7, 11) is 0. The summed E-state index contributed by atoms with van der Waals surface area (Å²) in [5.74, 6) is -0.360. The minimum Gasteiger partial charge on any atom is -0.378 e. The number of nitrogens with two attached hydrogens (primary N) is 1. The van der Waals surface area contributed by atoms with Gasteiger partial charge in [0.2, 0.25) is 11.8 Å². The number of ether oxygens (including phenoxy) is 1. The highest BCUT2D eigenvalue weighted by Crippen LogP contribution is 2.21. The lowest BCUT2D eigenvalue weighted by Gasteiger charge is -2.34. The van der Waals surface area contributed by atoms with Crippen molar-refractivity contribution in [3.63, 3.8) is 0 Å². The molecule has 0 aliphatic carbocycles. The number of amides is 2. The molecule has 1 aromatic rings. The molecule has 3 N–H and O–H groups in total. The van der Waals surface area contributed by atoms with Crippen LogP contribution in [0.15, 0.2) is 24.3 Å². The normalized spacial score (nSPS) is 21.4. The van der Waals surface area contributed by atoms with Crippen LogP contribution < -0.4 is 16.0 Å². The van der Waals surface area contributed by atoms with Crippen LogP contribution in [0, 0.1) is 0 Å². The van der Waals surface area contributed by atoms with Gasteiger partial charge in [0.1, 0.15) is 0 Å². The van der Waals surface area contributed by atoms with Crippen molar-refractivity contribution in [2.75, 3.05) is 49.6 Å². The average Bonchev–Trinajstić information content (AvgIpc) is 2.64. The maximum atomic E-state index is 12.4. The molecule has 26 heavy (non-hydrogen) atoms. The molecule has 2 aliphatic heterocycles. The highest BCUT2D eigenvalue weighted by Gasteiger charge is 2.25. The summed E-state index contributed by atoms with van der Waals surface area (Å²) in [6.07, 6.45) is 3.38. The highest BCUT2D eigenvalue weighted by molar-refractivity contribution is 5.92. The number of benzene rings is 1. The SMILES string of the molecule is NC(=O)CC1CCCCN1CC(=O)Nc1ccc(N2CCOCC2)cc1. The highest BCUT2D eigenvalue weighted by atomic mass is 16.5. The Hall–Kier alpha value is -2.12. The molecule has 0 saturated carbocycles. The van der Waals surface area contributed by atoms with Crippen LogP contribution in [-0.2, 0) is 14.3 Å². The molecular formula is C19H28N4O3. The number of likely N-dealkylation sites (tertiary alicyclic amines) is 1. The molecule has 0 spiro atoms. The second-order valence-electron chi connectivity index (χ2n) is 6.98. The van der Waals surface area contributed by atoms with Gasteiger partial charge in [-0.05, 0) is 43.7 Å². The zero-order chi connectivity index (χ0) is 18.4. The molecule has 0 aromatic heterocycles. The molecule has 2 heterocycles. The number of carbonyl (C=O) groups excluding carboxylic acids is 2. The number of nitrogens with zero attached hydrogens (tertiary/aromatic N) is 2. The lowest BCUT2D eigenvalue weighted by molar-refractivity contribution is -0.122. The topological polar surface area (TPSA) is 87.9 Å². The van der Waals surface area contributed by atoms with Gasteiger partial charge in [-0.15, -0.1) is 0 Å². The van der Waals surface area contributed by atoms with Crippen LogP contribution in [0.5, 0.6) is 0 Å². The van der Waals surface area contributed by atoms with E-state index < -0.39 is 0 Å². The second kappa shape index (κ2) is 9.00. The smallest absolute Gasteiger partial charge is 0.238 e. The van der Waals surface area contributed by atoms with Gasteiger partial charge in [-0.3, -0.25) is 14.5 Å². The van der Waals surface area contributed by atoms with E-state index in [2.05, 4.69) is 15.1 Å². The minimum atomic E-state index is -0.305. The Morgan fingerprint density at radius 3 is 2.54 bits per heavy atom. The predicted octanol–water partition coefficient (Wildman–Crippen LogP) is 1.19. The van der Waals surface area contributed by atoms with Crippen molar-refractivity contribution in [3.05, 3.63) is 24.3 Å². The molecule has 1 aromatic carbocycles.